The zero-order valence-corrected chi connectivity index (χ0v) is 22.7. The molecule has 0 spiro atoms. The van der Waals surface area contributed by atoms with Crippen LogP contribution in [-0.2, 0) is 11.2 Å². The fourth-order valence-corrected chi connectivity index (χ4v) is 5.25. The van der Waals surface area contributed by atoms with E-state index >= 15 is 0 Å². The van der Waals surface area contributed by atoms with Crippen molar-refractivity contribution in [2.45, 2.75) is 117 Å². The summed E-state index contributed by atoms with van der Waals surface area (Å²) in [5, 5.41) is 0. The highest BCUT2D eigenvalue weighted by molar-refractivity contribution is 5.75. The average molecular weight is 515 g/mol. The summed E-state index contributed by atoms with van der Waals surface area (Å²) < 4.78 is 35.0. The molecule has 0 aliphatic heterocycles. The van der Waals surface area contributed by atoms with Crippen LogP contribution < -0.4 is 4.74 Å². The van der Waals surface area contributed by atoms with E-state index in [-0.39, 0.29) is 23.1 Å². The molecule has 0 N–H and O–H groups in total. The minimum Gasteiger partial charge on any atom is -0.423 e. The second kappa shape index (κ2) is 15.8. The molecule has 0 atom stereocenters. The summed E-state index contributed by atoms with van der Waals surface area (Å²) in [6.45, 7) is 4.41. The summed E-state index contributed by atoms with van der Waals surface area (Å²) >= 11 is 0. The van der Waals surface area contributed by atoms with Crippen molar-refractivity contribution in [3.8, 4) is 17.1 Å². The number of aromatic nitrogens is 2. The van der Waals surface area contributed by atoms with Gasteiger partial charge in [-0.05, 0) is 62.1 Å². The first-order valence-electron chi connectivity index (χ1n) is 14.5. The lowest BCUT2D eigenvalue weighted by Gasteiger charge is -2.27. The van der Waals surface area contributed by atoms with Gasteiger partial charge in [-0.2, -0.15) is 4.39 Å². The molecule has 6 heteroatoms. The van der Waals surface area contributed by atoms with Crippen molar-refractivity contribution in [3.05, 3.63) is 41.7 Å². The number of rotatable bonds is 15. The molecule has 1 saturated carbocycles. The molecule has 1 heterocycles. The van der Waals surface area contributed by atoms with E-state index in [1.54, 1.807) is 12.4 Å². The van der Waals surface area contributed by atoms with Gasteiger partial charge in [-0.1, -0.05) is 78.1 Å². The van der Waals surface area contributed by atoms with Gasteiger partial charge < -0.3 is 4.74 Å². The van der Waals surface area contributed by atoms with Crippen LogP contribution in [0.2, 0.25) is 0 Å². The molecule has 1 aliphatic carbocycles. The summed E-state index contributed by atoms with van der Waals surface area (Å²) in [5.74, 6) is -2.57. The predicted molar refractivity (Wildman–Crippen MR) is 144 cm³/mol. The van der Waals surface area contributed by atoms with Crippen molar-refractivity contribution < 1.29 is 18.3 Å². The highest BCUT2D eigenvalue weighted by Crippen LogP contribution is 2.34. The van der Waals surface area contributed by atoms with Crippen LogP contribution in [0.1, 0.15) is 116 Å². The lowest BCUT2D eigenvalue weighted by molar-refractivity contribution is -0.140. The van der Waals surface area contributed by atoms with E-state index in [9.17, 15) is 13.6 Å². The Labute approximate surface area is 221 Å². The van der Waals surface area contributed by atoms with Crippen LogP contribution in [0, 0.1) is 23.5 Å². The summed E-state index contributed by atoms with van der Waals surface area (Å²) in [4.78, 5) is 21.2. The Balaban J connectivity index is 1.50. The van der Waals surface area contributed by atoms with Gasteiger partial charge in [0.1, 0.15) is 0 Å². The molecular formula is C31H44F2N2O2. The number of hydrogen-bond acceptors (Lipinski definition) is 4. The summed E-state index contributed by atoms with van der Waals surface area (Å²) in [5.41, 5.74) is 0.955. The SMILES string of the molecule is CCCCCCCCCc1cnc(-c2ccc(OC(=O)C3CCC(CCCCC)CC3)c(F)c2F)nc1. The third kappa shape index (κ3) is 9.15. The van der Waals surface area contributed by atoms with E-state index in [0.717, 1.165) is 44.1 Å². The highest BCUT2D eigenvalue weighted by atomic mass is 19.2. The van der Waals surface area contributed by atoms with Gasteiger partial charge >= 0.3 is 5.97 Å². The lowest BCUT2D eigenvalue weighted by Crippen LogP contribution is -2.26. The number of hydrogen-bond donors (Lipinski definition) is 0. The molecular weight excluding hydrogens is 470 g/mol. The molecule has 1 aliphatic rings. The molecule has 0 radical (unpaired) electrons. The number of nitrogens with zero attached hydrogens (tertiary/aromatic N) is 2. The van der Waals surface area contributed by atoms with Crippen molar-refractivity contribution in [3.63, 3.8) is 0 Å². The minimum absolute atomic E-state index is 0.0349. The van der Waals surface area contributed by atoms with Crippen LogP contribution in [0.4, 0.5) is 8.78 Å². The van der Waals surface area contributed by atoms with Crippen LogP contribution in [0.5, 0.6) is 5.75 Å². The van der Waals surface area contributed by atoms with Gasteiger partial charge in [0.2, 0.25) is 5.82 Å². The molecule has 0 bridgehead atoms. The Morgan fingerprint density at radius 3 is 2.14 bits per heavy atom. The monoisotopic (exact) mass is 514 g/mol. The smallest absolute Gasteiger partial charge is 0.314 e. The second-order valence-corrected chi connectivity index (χ2v) is 10.7. The molecule has 1 fully saturated rings. The molecule has 37 heavy (non-hydrogen) atoms. The molecule has 1 aromatic heterocycles. The Bertz CT molecular complexity index is 956. The van der Waals surface area contributed by atoms with Crippen molar-refractivity contribution in [1.82, 2.24) is 9.97 Å². The van der Waals surface area contributed by atoms with E-state index in [1.165, 1.54) is 76.3 Å². The van der Waals surface area contributed by atoms with Gasteiger partial charge in [-0.25, -0.2) is 14.4 Å². The van der Waals surface area contributed by atoms with Gasteiger partial charge in [-0.3, -0.25) is 4.79 Å². The Morgan fingerprint density at radius 2 is 1.46 bits per heavy atom. The number of unbranched alkanes of at least 4 members (excludes halogenated alkanes) is 8. The summed E-state index contributed by atoms with van der Waals surface area (Å²) in [7, 11) is 0. The van der Waals surface area contributed by atoms with E-state index in [4.69, 9.17) is 4.74 Å². The number of benzene rings is 1. The van der Waals surface area contributed by atoms with Gasteiger partial charge in [0.25, 0.3) is 0 Å². The Morgan fingerprint density at radius 1 is 0.838 bits per heavy atom. The fraction of sp³-hybridized carbons (Fsp3) is 0.645. The molecule has 0 amide bonds. The largest absolute Gasteiger partial charge is 0.423 e. The number of carbonyl (C=O) groups excluding carboxylic acids is 1. The zero-order valence-electron chi connectivity index (χ0n) is 22.7. The van der Waals surface area contributed by atoms with E-state index in [2.05, 4.69) is 23.8 Å². The predicted octanol–water partition coefficient (Wildman–Crippen LogP) is 9.01. The maximum Gasteiger partial charge on any atom is 0.314 e. The first-order chi connectivity index (χ1) is 18.0. The van der Waals surface area contributed by atoms with Crippen LogP contribution in [-0.4, -0.2) is 15.9 Å². The first kappa shape index (κ1) is 29.2. The number of carbonyl (C=O) groups is 1. The maximum absolute atomic E-state index is 14.9. The van der Waals surface area contributed by atoms with Gasteiger partial charge in [0.15, 0.2) is 17.4 Å². The van der Waals surface area contributed by atoms with E-state index in [1.807, 2.05) is 0 Å². The van der Waals surface area contributed by atoms with Crippen molar-refractivity contribution in [1.29, 1.82) is 0 Å². The highest BCUT2D eigenvalue weighted by Gasteiger charge is 2.29. The Hall–Kier alpha value is -2.37. The number of esters is 1. The van der Waals surface area contributed by atoms with Crippen molar-refractivity contribution in [2.75, 3.05) is 0 Å². The lowest BCUT2D eigenvalue weighted by atomic mass is 9.80. The number of aryl methyl sites for hydroxylation is 1. The zero-order chi connectivity index (χ0) is 26.5. The second-order valence-electron chi connectivity index (χ2n) is 10.7. The van der Waals surface area contributed by atoms with Gasteiger partial charge in [0, 0.05) is 12.4 Å². The summed E-state index contributed by atoms with van der Waals surface area (Å²) in [6, 6.07) is 2.69. The summed E-state index contributed by atoms with van der Waals surface area (Å²) in [6.07, 6.45) is 21.2. The molecule has 2 aromatic rings. The van der Waals surface area contributed by atoms with E-state index in [0.29, 0.717) is 5.92 Å². The van der Waals surface area contributed by atoms with Crippen molar-refractivity contribution in [2.24, 2.45) is 11.8 Å². The van der Waals surface area contributed by atoms with Gasteiger partial charge in [-0.15, -0.1) is 0 Å². The Kier molecular flexibility index (Phi) is 12.5. The van der Waals surface area contributed by atoms with E-state index < -0.39 is 17.6 Å². The van der Waals surface area contributed by atoms with Crippen LogP contribution in [0.25, 0.3) is 11.4 Å². The number of ether oxygens (including phenoxy) is 1. The standard InChI is InChI=1S/C31H44F2N2O2/c1-3-5-7-8-9-10-12-14-24-21-34-30(35-22-24)26-19-20-27(29(33)28(26)32)37-31(36)25-17-15-23(16-18-25)13-11-6-4-2/h19-23,25H,3-18H2,1-2H3. The topological polar surface area (TPSA) is 52.1 Å². The third-order valence-corrected chi connectivity index (χ3v) is 7.67. The molecule has 0 saturated heterocycles. The fourth-order valence-electron chi connectivity index (χ4n) is 5.25. The number of halogens is 2. The average Bonchev–Trinajstić information content (AvgIpc) is 2.92. The minimum atomic E-state index is -1.17. The normalized spacial score (nSPS) is 17.6. The maximum atomic E-state index is 14.9. The van der Waals surface area contributed by atoms with Crippen LogP contribution >= 0.6 is 0 Å². The molecule has 4 nitrogen and oxygen atoms in total. The van der Waals surface area contributed by atoms with Crippen molar-refractivity contribution >= 4 is 5.97 Å². The quantitative estimate of drug-likeness (QED) is 0.135. The van der Waals surface area contributed by atoms with Crippen LogP contribution in [0.3, 0.4) is 0 Å². The third-order valence-electron chi connectivity index (χ3n) is 7.67. The van der Waals surface area contributed by atoms with Gasteiger partial charge in [0.05, 0.1) is 11.5 Å². The molecule has 3 rings (SSSR count). The van der Waals surface area contributed by atoms with Crippen LogP contribution in [0.15, 0.2) is 24.5 Å². The molecule has 204 valence electrons. The first-order valence-corrected chi connectivity index (χ1v) is 14.5. The molecule has 0 unspecified atom stereocenters. The molecule has 1 aromatic carbocycles.